The number of fused-ring (bicyclic) bond motifs is 7. The van der Waals surface area contributed by atoms with Gasteiger partial charge in [0.15, 0.2) is 0 Å². The summed E-state index contributed by atoms with van der Waals surface area (Å²) in [6.07, 6.45) is 0. The maximum Gasteiger partial charge on any atom is 0.256 e. The van der Waals surface area contributed by atoms with E-state index in [2.05, 4.69) is 198 Å². The van der Waals surface area contributed by atoms with E-state index >= 15 is 0 Å². The van der Waals surface area contributed by atoms with E-state index in [0.29, 0.717) is 0 Å². The zero-order chi connectivity index (χ0) is 34.9. The van der Waals surface area contributed by atoms with Crippen LogP contribution >= 0.6 is 0 Å². The number of nitrogens with zero attached hydrogens (tertiary/aromatic N) is 2. The molecule has 0 atom stereocenters. The van der Waals surface area contributed by atoms with E-state index in [1.54, 1.807) is 0 Å². The van der Waals surface area contributed by atoms with Gasteiger partial charge in [0.2, 0.25) is 0 Å². The Hall–Kier alpha value is -6.98. The van der Waals surface area contributed by atoms with Crippen LogP contribution in [-0.2, 0) is 0 Å². The van der Waals surface area contributed by atoms with Gasteiger partial charge in [-0.1, -0.05) is 103 Å². The van der Waals surface area contributed by atoms with E-state index < -0.39 is 0 Å². The summed E-state index contributed by atoms with van der Waals surface area (Å²) in [7, 11) is 0. The van der Waals surface area contributed by atoms with Crippen molar-refractivity contribution in [1.29, 1.82) is 0 Å². The first-order valence-electron chi connectivity index (χ1n) is 18.0. The quantitative estimate of drug-likeness (QED) is 0.170. The molecule has 2 aliphatic heterocycles. The monoisotopic (exact) mass is 678 g/mol. The van der Waals surface area contributed by atoms with E-state index in [1.807, 2.05) is 0 Å². The number of ether oxygens (including phenoxy) is 1. The summed E-state index contributed by atoms with van der Waals surface area (Å²) in [5, 5.41) is 2.10. The number of rotatable bonds is 5. The zero-order valence-corrected chi connectivity index (χ0v) is 28.7. The van der Waals surface area contributed by atoms with Crippen molar-refractivity contribution < 1.29 is 9.15 Å². The maximum atomic E-state index is 6.79. The summed E-state index contributed by atoms with van der Waals surface area (Å²) in [6, 6.07) is 66.4. The van der Waals surface area contributed by atoms with Crippen molar-refractivity contribution in [1.82, 2.24) is 0 Å². The van der Waals surface area contributed by atoms with Gasteiger partial charge in [0, 0.05) is 51.0 Å². The van der Waals surface area contributed by atoms with Gasteiger partial charge in [0.25, 0.3) is 6.71 Å². The van der Waals surface area contributed by atoms with E-state index in [0.717, 1.165) is 67.3 Å². The minimum absolute atomic E-state index is 0.00159. The summed E-state index contributed by atoms with van der Waals surface area (Å²) in [5.41, 5.74) is 14.2. The van der Waals surface area contributed by atoms with Crippen LogP contribution in [0.3, 0.4) is 0 Å². The summed E-state index contributed by atoms with van der Waals surface area (Å²) >= 11 is 0. The van der Waals surface area contributed by atoms with Crippen LogP contribution in [0, 0.1) is 0 Å². The first kappa shape index (κ1) is 29.7. The Bertz CT molecular complexity index is 2820. The lowest BCUT2D eigenvalue weighted by molar-refractivity contribution is 0.488. The van der Waals surface area contributed by atoms with E-state index in [9.17, 15) is 0 Å². The Kier molecular flexibility index (Phi) is 6.61. The largest absolute Gasteiger partial charge is 0.458 e. The van der Waals surface area contributed by atoms with E-state index in [1.165, 1.54) is 27.7 Å². The highest BCUT2D eigenvalue weighted by atomic mass is 16.5. The van der Waals surface area contributed by atoms with Crippen LogP contribution in [0.5, 0.6) is 11.5 Å². The van der Waals surface area contributed by atoms with Crippen molar-refractivity contribution in [3.8, 4) is 22.6 Å². The molecule has 0 aliphatic carbocycles. The smallest absolute Gasteiger partial charge is 0.256 e. The van der Waals surface area contributed by atoms with Gasteiger partial charge >= 0.3 is 0 Å². The van der Waals surface area contributed by atoms with Gasteiger partial charge < -0.3 is 19.0 Å². The fraction of sp³-hybridized carbons (Fsp3) is 0. The van der Waals surface area contributed by atoms with Crippen molar-refractivity contribution in [2.45, 2.75) is 0 Å². The van der Waals surface area contributed by atoms with Crippen LogP contribution < -0.4 is 30.9 Å². The Balaban J connectivity index is 1.04. The molecule has 1 aromatic heterocycles. The molecule has 0 radical (unpaired) electrons. The van der Waals surface area contributed by atoms with Crippen molar-refractivity contribution in [3.63, 3.8) is 0 Å². The minimum Gasteiger partial charge on any atom is -0.458 e. The van der Waals surface area contributed by atoms with Crippen molar-refractivity contribution >= 4 is 79.2 Å². The van der Waals surface area contributed by atoms with Crippen LogP contribution in [0.2, 0.25) is 0 Å². The minimum atomic E-state index is 0.00159. The molecule has 0 unspecified atom stereocenters. The number of hydrogen-bond acceptors (Lipinski definition) is 4. The fourth-order valence-corrected chi connectivity index (χ4v) is 8.34. The molecule has 11 rings (SSSR count). The first-order chi connectivity index (χ1) is 26.3. The van der Waals surface area contributed by atoms with Gasteiger partial charge in [-0.05, 0) is 106 Å². The van der Waals surface area contributed by atoms with Gasteiger partial charge in [-0.3, -0.25) is 0 Å². The van der Waals surface area contributed by atoms with E-state index in [4.69, 9.17) is 9.15 Å². The molecule has 9 aromatic rings. The second-order valence-electron chi connectivity index (χ2n) is 13.7. The normalized spacial score (nSPS) is 12.6. The lowest BCUT2D eigenvalue weighted by Gasteiger charge is -2.39. The van der Waals surface area contributed by atoms with Crippen LogP contribution in [0.4, 0.5) is 34.1 Å². The summed E-state index contributed by atoms with van der Waals surface area (Å²) in [4.78, 5) is 4.64. The lowest BCUT2D eigenvalue weighted by Crippen LogP contribution is -2.59. The summed E-state index contributed by atoms with van der Waals surface area (Å²) in [6.45, 7) is 0.00159. The molecule has 248 valence electrons. The number of benzene rings is 8. The summed E-state index contributed by atoms with van der Waals surface area (Å²) < 4.78 is 13.6. The average Bonchev–Trinajstić information content (AvgIpc) is 3.58. The highest BCUT2D eigenvalue weighted by molar-refractivity contribution is 6.99. The van der Waals surface area contributed by atoms with E-state index in [-0.39, 0.29) is 6.71 Å². The van der Waals surface area contributed by atoms with Gasteiger partial charge in [0.1, 0.15) is 22.7 Å². The zero-order valence-electron chi connectivity index (χ0n) is 28.7. The summed E-state index contributed by atoms with van der Waals surface area (Å²) in [5.74, 6) is 1.76. The molecular formula is C48H31BN2O2. The van der Waals surface area contributed by atoms with Crippen LogP contribution in [0.15, 0.2) is 192 Å². The molecule has 0 N–H and O–H groups in total. The molecule has 4 nitrogen and oxygen atoms in total. The Labute approximate surface area is 307 Å². The average molecular weight is 679 g/mol. The number of hydrogen-bond donors (Lipinski definition) is 0. The molecule has 0 saturated heterocycles. The predicted molar refractivity (Wildman–Crippen MR) is 220 cm³/mol. The van der Waals surface area contributed by atoms with Gasteiger partial charge in [0.05, 0.1) is 0 Å². The molecule has 0 bridgehead atoms. The lowest BCUT2D eigenvalue weighted by atomic mass is 9.34. The highest BCUT2D eigenvalue weighted by Gasteiger charge is 2.42. The predicted octanol–water partition coefficient (Wildman–Crippen LogP) is 11.1. The van der Waals surface area contributed by atoms with Crippen LogP contribution in [0.1, 0.15) is 0 Å². The number of furan rings is 1. The Morgan fingerprint density at radius 2 is 1.08 bits per heavy atom. The van der Waals surface area contributed by atoms with Crippen molar-refractivity contribution in [2.24, 2.45) is 0 Å². The molecular weight excluding hydrogens is 647 g/mol. The highest BCUT2D eigenvalue weighted by Crippen LogP contribution is 2.43. The number of anilines is 6. The first-order valence-corrected chi connectivity index (χ1v) is 18.0. The van der Waals surface area contributed by atoms with Gasteiger partial charge in [-0.15, -0.1) is 0 Å². The maximum absolute atomic E-state index is 6.79. The third-order valence-electron chi connectivity index (χ3n) is 10.7. The molecule has 5 heteroatoms. The molecule has 0 amide bonds. The SMILES string of the molecule is c1ccc(-c2ccc(N(c3ccccc3)c3ccc4c(c3)oc3cc5c(cc34)Oc3cccc4c3B5c3ccccc3N4c3ccccc3)cc2)cc1. The second kappa shape index (κ2) is 11.8. The fourth-order valence-electron chi connectivity index (χ4n) is 8.34. The third-order valence-corrected chi connectivity index (χ3v) is 10.7. The standard InChI is InChI=1S/C48H31BN2O2/c1-4-13-32(14-5-1)33-23-25-36(26-24-33)50(34-15-6-2-7-16-34)37-27-28-38-39-30-47-41(31-46(39)53-45(38)29-37)49-40-19-10-11-20-42(40)51(35-17-8-3-9-18-35)43-21-12-22-44(52-47)48(43)49/h1-31H. The van der Waals surface area contributed by atoms with Gasteiger partial charge in [-0.25, -0.2) is 0 Å². The molecule has 53 heavy (non-hydrogen) atoms. The van der Waals surface area contributed by atoms with Crippen LogP contribution in [-0.4, -0.2) is 6.71 Å². The molecule has 3 heterocycles. The number of para-hydroxylation sites is 3. The van der Waals surface area contributed by atoms with Crippen molar-refractivity contribution in [3.05, 3.63) is 188 Å². The second-order valence-corrected chi connectivity index (χ2v) is 13.7. The van der Waals surface area contributed by atoms with Crippen LogP contribution in [0.25, 0.3) is 33.1 Å². The Morgan fingerprint density at radius 1 is 0.434 bits per heavy atom. The molecule has 8 aromatic carbocycles. The molecule has 0 saturated carbocycles. The Morgan fingerprint density at radius 3 is 1.89 bits per heavy atom. The molecule has 0 fully saturated rings. The topological polar surface area (TPSA) is 28.9 Å². The molecule has 0 spiro atoms. The molecule has 2 aliphatic rings. The van der Waals surface area contributed by atoms with Gasteiger partial charge in [-0.2, -0.15) is 0 Å². The van der Waals surface area contributed by atoms with Crippen molar-refractivity contribution in [2.75, 3.05) is 9.80 Å². The third kappa shape index (κ3) is 4.71.